The predicted octanol–water partition coefficient (Wildman–Crippen LogP) is 3.66. The van der Waals surface area contributed by atoms with E-state index >= 15 is 0 Å². The Bertz CT molecular complexity index is 557. The Morgan fingerprint density at radius 3 is 2.42 bits per heavy atom. The lowest BCUT2D eigenvalue weighted by Gasteiger charge is -2.13. The van der Waals surface area contributed by atoms with Gasteiger partial charge >= 0.3 is 0 Å². The van der Waals surface area contributed by atoms with E-state index in [4.69, 9.17) is 11.6 Å². The van der Waals surface area contributed by atoms with Crippen molar-refractivity contribution in [1.82, 2.24) is 9.97 Å². The maximum atomic E-state index is 5.95. The first-order valence-corrected chi connectivity index (χ1v) is 7.32. The van der Waals surface area contributed by atoms with E-state index < -0.39 is 0 Å². The fourth-order valence-electron chi connectivity index (χ4n) is 1.54. The van der Waals surface area contributed by atoms with Crippen molar-refractivity contribution in [2.75, 3.05) is 30.6 Å². The minimum absolute atomic E-state index is 0.437. The molecule has 1 aromatic carbocycles. The fraction of sp³-hybridized carbons (Fsp3) is 0.231. The van der Waals surface area contributed by atoms with Crippen LogP contribution in [0.5, 0.6) is 0 Å². The van der Waals surface area contributed by atoms with Crippen LogP contribution < -0.4 is 10.2 Å². The highest BCUT2D eigenvalue weighted by molar-refractivity contribution is 7.98. The van der Waals surface area contributed by atoms with Crippen molar-refractivity contribution in [3.8, 4) is 0 Å². The van der Waals surface area contributed by atoms with Crippen molar-refractivity contribution in [3.63, 3.8) is 0 Å². The third-order valence-electron chi connectivity index (χ3n) is 2.51. The van der Waals surface area contributed by atoms with Gasteiger partial charge < -0.3 is 10.2 Å². The summed E-state index contributed by atoms with van der Waals surface area (Å²) in [4.78, 5) is 10.5. The number of halogens is 1. The van der Waals surface area contributed by atoms with Crippen molar-refractivity contribution in [2.45, 2.75) is 5.16 Å². The molecule has 19 heavy (non-hydrogen) atoms. The van der Waals surface area contributed by atoms with Crippen molar-refractivity contribution < 1.29 is 0 Å². The Kier molecular flexibility index (Phi) is 4.50. The van der Waals surface area contributed by atoms with Gasteiger partial charge in [0.15, 0.2) is 5.16 Å². The molecule has 6 heteroatoms. The van der Waals surface area contributed by atoms with Crippen LogP contribution in [0.3, 0.4) is 0 Å². The molecule has 0 aliphatic heterocycles. The number of benzene rings is 1. The molecular weight excluding hydrogens is 280 g/mol. The first kappa shape index (κ1) is 14.0. The van der Waals surface area contributed by atoms with E-state index in [0.717, 1.165) is 11.4 Å². The average Bonchev–Trinajstić information content (AvgIpc) is 2.38. The van der Waals surface area contributed by atoms with Crippen LogP contribution in [0, 0.1) is 0 Å². The predicted molar refractivity (Wildman–Crippen MR) is 82.9 cm³/mol. The van der Waals surface area contributed by atoms with E-state index in [-0.39, 0.29) is 0 Å². The smallest absolute Gasteiger partial charge is 0.190 e. The maximum Gasteiger partial charge on any atom is 0.190 e. The second kappa shape index (κ2) is 6.12. The zero-order chi connectivity index (χ0) is 13.8. The van der Waals surface area contributed by atoms with E-state index in [0.29, 0.717) is 16.1 Å². The Labute approximate surface area is 122 Å². The van der Waals surface area contributed by atoms with E-state index in [1.807, 2.05) is 44.6 Å². The van der Waals surface area contributed by atoms with Crippen LogP contribution in [0.2, 0.25) is 5.15 Å². The van der Waals surface area contributed by atoms with Crippen LogP contribution in [0.4, 0.5) is 17.2 Å². The normalized spacial score (nSPS) is 10.3. The van der Waals surface area contributed by atoms with Gasteiger partial charge in [-0.25, -0.2) is 9.97 Å². The van der Waals surface area contributed by atoms with Gasteiger partial charge in [-0.05, 0) is 30.5 Å². The molecule has 0 atom stereocenters. The van der Waals surface area contributed by atoms with Gasteiger partial charge in [-0.1, -0.05) is 23.4 Å². The van der Waals surface area contributed by atoms with Crippen molar-refractivity contribution in [2.24, 2.45) is 0 Å². The number of aromatic nitrogens is 2. The summed E-state index contributed by atoms with van der Waals surface area (Å²) >= 11 is 7.41. The Morgan fingerprint density at radius 2 is 1.84 bits per heavy atom. The first-order chi connectivity index (χ1) is 9.08. The molecular formula is C13H15ClN4S. The van der Waals surface area contributed by atoms with Crippen molar-refractivity contribution >= 4 is 40.6 Å². The third kappa shape index (κ3) is 3.75. The standard InChI is InChI=1S/C13H15ClN4S/c1-18(2)10-6-4-9(5-7-10)15-12-8-11(14)16-13(17-12)19-3/h4-8H,1-3H3,(H,15,16,17). The van der Waals surface area contributed by atoms with E-state index in [2.05, 4.69) is 20.2 Å². The topological polar surface area (TPSA) is 41.1 Å². The van der Waals surface area contributed by atoms with Crippen LogP contribution in [-0.4, -0.2) is 30.3 Å². The molecule has 0 saturated heterocycles. The van der Waals surface area contributed by atoms with Gasteiger partial charge in [-0.15, -0.1) is 0 Å². The number of hydrogen-bond acceptors (Lipinski definition) is 5. The zero-order valence-electron chi connectivity index (χ0n) is 11.0. The van der Waals surface area contributed by atoms with Crippen LogP contribution in [-0.2, 0) is 0 Å². The van der Waals surface area contributed by atoms with E-state index in [9.17, 15) is 0 Å². The number of nitrogens with one attached hydrogen (secondary N) is 1. The lowest BCUT2D eigenvalue weighted by Crippen LogP contribution is -2.08. The molecule has 0 aliphatic carbocycles. The number of hydrogen-bond donors (Lipinski definition) is 1. The number of anilines is 3. The lowest BCUT2D eigenvalue weighted by atomic mass is 10.2. The van der Waals surface area contributed by atoms with E-state index in [1.165, 1.54) is 11.8 Å². The summed E-state index contributed by atoms with van der Waals surface area (Å²) in [7, 11) is 4.02. The highest BCUT2D eigenvalue weighted by Gasteiger charge is 2.03. The average molecular weight is 295 g/mol. The van der Waals surface area contributed by atoms with Crippen LogP contribution in [0.15, 0.2) is 35.5 Å². The van der Waals surface area contributed by atoms with Gasteiger partial charge in [-0.3, -0.25) is 0 Å². The molecule has 2 rings (SSSR count). The molecule has 0 amide bonds. The summed E-state index contributed by atoms with van der Waals surface area (Å²) in [6, 6.07) is 9.80. The summed E-state index contributed by atoms with van der Waals surface area (Å²) < 4.78 is 0. The maximum absolute atomic E-state index is 5.95. The summed E-state index contributed by atoms with van der Waals surface area (Å²) in [6.45, 7) is 0. The largest absolute Gasteiger partial charge is 0.378 e. The lowest BCUT2D eigenvalue weighted by molar-refractivity contribution is 0.976. The van der Waals surface area contributed by atoms with Crippen LogP contribution >= 0.6 is 23.4 Å². The van der Waals surface area contributed by atoms with Gasteiger partial charge in [0.2, 0.25) is 0 Å². The van der Waals surface area contributed by atoms with Gasteiger partial charge in [0, 0.05) is 31.5 Å². The molecule has 0 fully saturated rings. The molecule has 0 radical (unpaired) electrons. The molecule has 0 unspecified atom stereocenters. The number of nitrogens with zero attached hydrogens (tertiary/aromatic N) is 3. The second-order valence-corrected chi connectivity index (χ2v) is 5.29. The Balaban J connectivity index is 2.18. The monoisotopic (exact) mass is 294 g/mol. The Hall–Kier alpha value is -1.46. The highest BCUT2D eigenvalue weighted by atomic mass is 35.5. The highest BCUT2D eigenvalue weighted by Crippen LogP contribution is 2.22. The molecule has 1 heterocycles. The number of rotatable bonds is 4. The SMILES string of the molecule is CSc1nc(Cl)cc(Nc2ccc(N(C)C)cc2)n1. The third-order valence-corrected chi connectivity index (χ3v) is 3.25. The molecule has 100 valence electrons. The number of thioether (sulfide) groups is 1. The van der Waals surface area contributed by atoms with Gasteiger partial charge in [0.05, 0.1) is 0 Å². The Morgan fingerprint density at radius 1 is 1.16 bits per heavy atom. The summed E-state index contributed by atoms with van der Waals surface area (Å²) in [6.07, 6.45) is 1.92. The molecule has 0 aliphatic rings. The molecule has 2 aromatic rings. The summed E-state index contributed by atoms with van der Waals surface area (Å²) in [5.41, 5.74) is 2.11. The fourth-order valence-corrected chi connectivity index (χ4v) is 2.16. The molecule has 0 bridgehead atoms. The van der Waals surface area contributed by atoms with Crippen molar-refractivity contribution in [1.29, 1.82) is 0 Å². The summed E-state index contributed by atoms with van der Waals surface area (Å²) in [5, 5.41) is 4.31. The first-order valence-electron chi connectivity index (χ1n) is 5.71. The van der Waals surface area contributed by atoms with Gasteiger partial charge in [0.1, 0.15) is 11.0 Å². The van der Waals surface area contributed by atoms with Crippen LogP contribution in [0.1, 0.15) is 0 Å². The van der Waals surface area contributed by atoms with Crippen LogP contribution in [0.25, 0.3) is 0 Å². The molecule has 1 aromatic heterocycles. The summed E-state index contributed by atoms with van der Waals surface area (Å²) in [5.74, 6) is 0.696. The molecule has 1 N–H and O–H groups in total. The van der Waals surface area contributed by atoms with Crippen molar-refractivity contribution in [3.05, 3.63) is 35.5 Å². The molecule has 0 saturated carbocycles. The zero-order valence-corrected chi connectivity index (χ0v) is 12.6. The molecule has 4 nitrogen and oxygen atoms in total. The van der Waals surface area contributed by atoms with Gasteiger partial charge in [0.25, 0.3) is 0 Å². The minimum atomic E-state index is 0.437. The van der Waals surface area contributed by atoms with E-state index in [1.54, 1.807) is 6.07 Å². The quantitative estimate of drug-likeness (QED) is 0.529. The van der Waals surface area contributed by atoms with Gasteiger partial charge in [-0.2, -0.15) is 0 Å². The second-order valence-electron chi connectivity index (χ2n) is 4.13. The minimum Gasteiger partial charge on any atom is -0.378 e. The molecule has 0 spiro atoms.